The van der Waals surface area contributed by atoms with E-state index in [2.05, 4.69) is 0 Å². The molecule has 0 saturated carbocycles. The predicted molar refractivity (Wildman–Crippen MR) is 84.9 cm³/mol. The number of ether oxygens (including phenoxy) is 1. The first kappa shape index (κ1) is 17.0. The summed E-state index contributed by atoms with van der Waals surface area (Å²) >= 11 is 0. The molecule has 1 unspecified atom stereocenters. The molecule has 1 aliphatic heterocycles. The smallest absolute Gasteiger partial charge is 0.243 e. The first-order valence-electron chi connectivity index (χ1n) is 7.47. The van der Waals surface area contributed by atoms with E-state index in [-0.39, 0.29) is 17.5 Å². The zero-order chi connectivity index (χ0) is 17.3. The van der Waals surface area contributed by atoms with E-state index in [0.29, 0.717) is 19.1 Å². The van der Waals surface area contributed by atoms with Crippen molar-refractivity contribution in [3.63, 3.8) is 0 Å². The van der Waals surface area contributed by atoms with Crippen LogP contribution >= 0.6 is 0 Å². The van der Waals surface area contributed by atoms with Crippen LogP contribution in [0.5, 0.6) is 0 Å². The average Bonchev–Trinajstić information content (AvgIpc) is 2.57. The molecule has 0 aromatic heterocycles. The maximum absolute atomic E-state index is 13.3. The fraction of sp³-hybridized carbons (Fsp3) is 0.294. The highest BCUT2D eigenvalue weighted by molar-refractivity contribution is 7.89. The molecule has 4 nitrogen and oxygen atoms in total. The number of rotatable bonds is 4. The van der Waals surface area contributed by atoms with Crippen LogP contribution in [0.15, 0.2) is 47.4 Å². The Morgan fingerprint density at radius 2 is 1.83 bits per heavy atom. The molecule has 0 bridgehead atoms. The Balaban J connectivity index is 1.74. The molecule has 0 amide bonds. The van der Waals surface area contributed by atoms with Gasteiger partial charge in [-0.1, -0.05) is 24.3 Å². The van der Waals surface area contributed by atoms with Gasteiger partial charge in [-0.3, -0.25) is 0 Å². The van der Waals surface area contributed by atoms with Crippen molar-refractivity contribution in [1.29, 1.82) is 0 Å². The van der Waals surface area contributed by atoms with Crippen LogP contribution in [0.2, 0.25) is 0 Å². The molecule has 0 fully saturated rings. The largest absolute Gasteiger partial charge is 0.372 e. The summed E-state index contributed by atoms with van der Waals surface area (Å²) in [7, 11) is -2.51. The van der Waals surface area contributed by atoms with Gasteiger partial charge in [0.25, 0.3) is 0 Å². The zero-order valence-corrected chi connectivity index (χ0v) is 13.9. The highest BCUT2D eigenvalue weighted by Gasteiger charge is 2.27. The number of fused-ring (bicyclic) bond motifs is 1. The van der Waals surface area contributed by atoms with Gasteiger partial charge in [0.2, 0.25) is 10.0 Å². The Labute approximate surface area is 139 Å². The topological polar surface area (TPSA) is 46.6 Å². The molecule has 1 aliphatic rings. The lowest BCUT2D eigenvalue weighted by Crippen LogP contribution is -2.38. The fourth-order valence-corrected chi connectivity index (χ4v) is 3.94. The number of sulfonamides is 1. The first-order chi connectivity index (χ1) is 11.4. The Kier molecular flexibility index (Phi) is 4.67. The summed E-state index contributed by atoms with van der Waals surface area (Å²) < 4.78 is 58.1. The van der Waals surface area contributed by atoms with Gasteiger partial charge in [-0.15, -0.1) is 0 Å². The summed E-state index contributed by atoms with van der Waals surface area (Å²) in [6.45, 7) is 0.565. The van der Waals surface area contributed by atoms with E-state index in [9.17, 15) is 17.2 Å². The van der Waals surface area contributed by atoms with Gasteiger partial charge in [-0.05, 0) is 29.3 Å². The second kappa shape index (κ2) is 6.58. The normalized spacial score (nSPS) is 17.8. The van der Waals surface area contributed by atoms with Crippen LogP contribution in [0.3, 0.4) is 0 Å². The Morgan fingerprint density at radius 1 is 1.12 bits per heavy atom. The van der Waals surface area contributed by atoms with E-state index in [1.165, 1.54) is 7.05 Å². The van der Waals surface area contributed by atoms with E-state index < -0.39 is 21.7 Å². The molecular weight excluding hydrogens is 336 g/mol. The van der Waals surface area contributed by atoms with Crippen molar-refractivity contribution in [2.45, 2.75) is 24.0 Å². The molecule has 24 heavy (non-hydrogen) atoms. The lowest BCUT2D eigenvalue weighted by molar-refractivity contribution is 0.0202. The van der Waals surface area contributed by atoms with Gasteiger partial charge in [-0.2, -0.15) is 4.31 Å². The summed E-state index contributed by atoms with van der Waals surface area (Å²) in [4.78, 5) is -0.278. The number of hydrogen-bond donors (Lipinski definition) is 0. The van der Waals surface area contributed by atoms with Crippen molar-refractivity contribution in [2.75, 3.05) is 13.6 Å². The van der Waals surface area contributed by atoms with Crippen LogP contribution in [0.25, 0.3) is 0 Å². The van der Waals surface area contributed by atoms with Crippen molar-refractivity contribution < 1.29 is 21.9 Å². The third-order valence-corrected chi connectivity index (χ3v) is 5.92. The molecule has 2 aromatic rings. The molecule has 1 heterocycles. The van der Waals surface area contributed by atoms with Crippen molar-refractivity contribution in [3.05, 3.63) is 65.2 Å². The molecule has 0 spiro atoms. The van der Waals surface area contributed by atoms with Crippen LogP contribution in [-0.2, 0) is 27.8 Å². The van der Waals surface area contributed by atoms with E-state index >= 15 is 0 Å². The SMILES string of the molecule is CN(CC1Cc2ccccc2CO1)S(=O)(=O)c1ccc(F)c(F)c1. The molecule has 0 N–H and O–H groups in total. The van der Waals surface area contributed by atoms with Crippen molar-refractivity contribution in [1.82, 2.24) is 4.31 Å². The fourth-order valence-electron chi connectivity index (χ4n) is 2.73. The Bertz CT molecular complexity index is 855. The molecule has 1 atom stereocenters. The molecule has 128 valence electrons. The lowest BCUT2D eigenvalue weighted by Gasteiger charge is -2.28. The molecule has 0 aliphatic carbocycles. The summed E-state index contributed by atoms with van der Waals surface area (Å²) in [6, 6.07) is 10.4. The number of benzene rings is 2. The monoisotopic (exact) mass is 353 g/mol. The van der Waals surface area contributed by atoms with Crippen LogP contribution in [0.4, 0.5) is 8.78 Å². The quantitative estimate of drug-likeness (QED) is 0.849. The van der Waals surface area contributed by atoms with Gasteiger partial charge < -0.3 is 4.74 Å². The summed E-state index contributed by atoms with van der Waals surface area (Å²) in [5.41, 5.74) is 2.23. The third kappa shape index (κ3) is 3.33. The van der Waals surface area contributed by atoms with Crippen molar-refractivity contribution in [2.24, 2.45) is 0 Å². The van der Waals surface area contributed by atoms with Gasteiger partial charge in [0.05, 0.1) is 17.6 Å². The molecular formula is C17H17F2NO3S. The molecule has 0 saturated heterocycles. The average molecular weight is 353 g/mol. The predicted octanol–water partition coefficient (Wildman–Crippen LogP) is 2.73. The molecule has 7 heteroatoms. The van der Waals surface area contributed by atoms with Gasteiger partial charge in [0.1, 0.15) is 0 Å². The Hall–Kier alpha value is -1.83. The Morgan fingerprint density at radius 3 is 2.54 bits per heavy atom. The standard InChI is InChI=1S/C17H17F2NO3S/c1-20(24(21,22)15-6-7-16(18)17(19)9-15)10-14-8-12-4-2-3-5-13(12)11-23-14/h2-7,9,14H,8,10-11H2,1H3. The summed E-state index contributed by atoms with van der Waals surface area (Å²) in [6.07, 6.45) is 0.318. The maximum atomic E-state index is 13.3. The van der Waals surface area contributed by atoms with Crippen molar-refractivity contribution >= 4 is 10.0 Å². The maximum Gasteiger partial charge on any atom is 0.243 e. The van der Waals surface area contributed by atoms with Gasteiger partial charge in [-0.25, -0.2) is 17.2 Å². The van der Waals surface area contributed by atoms with Gasteiger partial charge in [0.15, 0.2) is 11.6 Å². The highest BCUT2D eigenvalue weighted by atomic mass is 32.2. The van der Waals surface area contributed by atoms with Gasteiger partial charge in [0, 0.05) is 20.0 Å². The minimum atomic E-state index is -3.91. The molecule has 0 radical (unpaired) electrons. The van der Waals surface area contributed by atoms with E-state index in [1.54, 1.807) is 0 Å². The summed E-state index contributed by atoms with van der Waals surface area (Å²) in [5, 5.41) is 0. The van der Waals surface area contributed by atoms with E-state index in [0.717, 1.165) is 27.6 Å². The number of hydrogen-bond acceptors (Lipinski definition) is 3. The second-order valence-corrected chi connectivity index (χ2v) is 7.81. The van der Waals surface area contributed by atoms with Crippen LogP contribution in [0, 0.1) is 11.6 Å². The molecule has 2 aromatic carbocycles. The zero-order valence-electron chi connectivity index (χ0n) is 13.1. The number of nitrogens with zero attached hydrogens (tertiary/aromatic N) is 1. The van der Waals surface area contributed by atoms with Crippen LogP contribution in [-0.4, -0.2) is 32.4 Å². The third-order valence-electron chi connectivity index (χ3n) is 4.10. The number of halogens is 2. The minimum Gasteiger partial charge on any atom is -0.372 e. The van der Waals surface area contributed by atoms with Gasteiger partial charge >= 0.3 is 0 Å². The first-order valence-corrected chi connectivity index (χ1v) is 8.91. The summed E-state index contributed by atoms with van der Waals surface area (Å²) in [5.74, 6) is -2.27. The lowest BCUT2D eigenvalue weighted by atomic mass is 9.99. The highest BCUT2D eigenvalue weighted by Crippen LogP contribution is 2.23. The van der Waals surface area contributed by atoms with E-state index in [1.807, 2.05) is 24.3 Å². The van der Waals surface area contributed by atoms with E-state index in [4.69, 9.17) is 4.74 Å². The molecule has 3 rings (SSSR count). The second-order valence-electron chi connectivity index (χ2n) is 5.77. The minimum absolute atomic E-state index is 0.135. The number of likely N-dealkylation sites (N-methyl/N-ethyl adjacent to an activating group) is 1. The van der Waals surface area contributed by atoms with Crippen LogP contribution in [0.1, 0.15) is 11.1 Å². The van der Waals surface area contributed by atoms with Crippen molar-refractivity contribution in [3.8, 4) is 0 Å². The van der Waals surface area contributed by atoms with Crippen LogP contribution < -0.4 is 0 Å².